The Balaban J connectivity index is 0.00000225. The number of fused-ring (bicyclic) bond motifs is 3. The highest BCUT2D eigenvalue weighted by Crippen LogP contribution is 2.52. The summed E-state index contributed by atoms with van der Waals surface area (Å²) in [6.45, 7) is 0. The third-order valence-corrected chi connectivity index (χ3v) is 5.09. The van der Waals surface area contributed by atoms with Gasteiger partial charge in [-0.25, -0.2) is 0 Å². The Morgan fingerprint density at radius 3 is 2.36 bits per heavy atom. The van der Waals surface area contributed by atoms with Crippen LogP contribution in [0.3, 0.4) is 0 Å². The van der Waals surface area contributed by atoms with Crippen molar-refractivity contribution in [2.24, 2.45) is 5.73 Å². The molecule has 0 amide bonds. The summed E-state index contributed by atoms with van der Waals surface area (Å²) in [5.74, 6) is 1.17. The molecule has 0 aromatic heterocycles. The summed E-state index contributed by atoms with van der Waals surface area (Å²) in [4.78, 5) is 13.2. The zero-order valence-electron chi connectivity index (χ0n) is 15.8. The lowest BCUT2D eigenvalue weighted by Crippen LogP contribution is -2.15. The molecule has 3 aromatic rings. The molecule has 0 saturated carbocycles. The Hall–Kier alpha value is -2.82. The van der Waals surface area contributed by atoms with Crippen molar-refractivity contribution in [1.29, 1.82) is 0 Å². The van der Waals surface area contributed by atoms with Crippen LogP contribution in [0.15, 0.2) is 60.7 Å². The molecule has 0 fully saturated rings. The highest BCUT2D eigenvalue weighted by Gasteiger charge is 2.34. The molecule has 144 valence electrons. The van der Waals surface area contributed by atoms with Crippen LogP contribution in [-0.4, -0.2) is 20.0 Å². The number of methoxy groups -OCH3 is 2. The molecule has 1 aliphatic carbocycles. The fraction of sp³-hybridized carbons (Fsp3) is 0.174. The third-order valence-electron chi connectivity index (χ3n) is 5.09. The maximum atomic E-state index is 13.2. The van der Waals surface area contributed by atoms with Crippen LogP contribution in [0.2, 0.25) is 0 Å². The summed E-state index contributed by atoms with van der Waals surface area (Å²) < 4.78 is 11.2. The molecule has 0 aliphatic heterocycles. The molecular formula is C23H22ClNO3. The quantitative estimate of drug-likeness (QED) is 0.642. The van der Waals surface area contributed by atoms with E-state index in [1.165, 1.54) is 0 Å². The van der Waals surface area contributed by atoms with Gasteiger partial charge in [-0.15, -0.1) is 12.4 Å². The molecule has 5 heteroatoms. The van der Waals surface area contributed by atoms with Crippen LogP contribution < -0.4 is 15.2 Å². The average molecular weight is 396 g/mol. The lowest BCUT2D eigenvalue weighted by molar-refractivity contribution is 0.0991. The van der Waals surface area contributed by atoms with Gasteiger partial charge in [-0.2, -0.15) is 0 Å². The molecule has 28 heavy (non-hydrogen) atoms. The summed E-state index contributed by atoms with van der Waals surface area (Å²) in [5.41, 5.74) is 11.8. The van der Waals surface area contributed by atoms with Gasteiger partial charge >= 0.3 is 0 Å². The smallest absolute Gasteiger partial charge is 0.168 e. The van der Waals surface area contributed by atoms with E-state index in [9.17, 15) is 4.79 Å². The molecule has 4 nitrogen and oxygen atoms in total. The van der Waals surface area contributed by atoms with Gasteiger partial charge in [0.1, 0.15) is 0 Å². The van der Waals surface area contributed by atoms with E-state index >= 15 is 0 Å². The summed E-state index contributed by atoms with van der Waals surface area (Å²) in [6.07, 6.45) is 0.311. The van der Waals surface area contributed by atoms with E-state index in [0.717, 1.165) is 27.8 Å². The van der Waals surface area contributed by atoms with Gasteiger partial charge < -0.3 is 15.2 Å². The van der Waals surface area contributed by atoms with E-state index in [0.29, 0.717) is 23.5 Å². The molecule has 2 N–H and O–H groups in total. The molecular weight excluding hydrogens is 374 g/mol. The van der Waals surface area contributed by atoms with Crippen molar-refractivity contribution in [1.82, 2.24) is 0 Å². The molecule has 1 unspecified atom stereocenters. The largest absolute Gasteiger partial charge is 0.493 e. The van der Waals surface area contributed by atoms with Gasteiger partial charge in [0.25, 0.3) is 0 Å². The van der Waals surface area contributed by atoms with E-state index < -0.39 is 0 Å². The average Bonchev–Trinajstić information content (AvgIpc) is 3.01. The summed E-state index contributed by atoms with van der Waals surface area (Å²) >= 11 is 0. The van der Waals surface area contributed by atoms with E-state index in [1.54, 1.807) is 20.3 Å². The first-order valence-electron chi connectivity index (χ1n) is 8.86. The van der Waals surface area contributed by atoms with Crippen LogP contribution in [0.25, 0.3) is 11.1 Å². The number of carbonyl (C=O) groups excluding carboxylic acids is 1. The van der Waals surface area contributed by atoms with Crippen molar-refractivity contribution < 1.29 is 14.3 Å². The molecule has 0 heterocycles. The van der Waals surface area contributed by atoms with Crippen molar-refractivity contribution in [3.05, 3.63) is 82.9 Å². The van der Waals surface area contributed by atoms with Crippen LogP contribution in [0, 0.1) is 0 Å². The van der Waals surface area contributed by atoms with Crippen molar-refractivity contribution in [2.45, 2.75) is 12.5 Å². The number of nitrogens with two attached hydrogens (primary N) is 1. The number of benzene rings is 3. The minimum absolute atomic E-state index is 0. The van der Waals surface area contributed by atoms with E-state index in [-0.39, 0.29) is 24.2 Å². The first-order chi connectivity index (χ1) is 13.2. The van der Waals surface area contributed by atoms with Gasteiger partial charge in [-0.3, -0.25) is 4.79 Å². The van der Waals surface area contributed by atoms with Crippen molar-refractivity contribution >= 4 is 18.2 Å². The number of ether oxygens (including phenoxy) is 2. The SMILES string of the molecule is COc1cc(C(=O)Cc2ccccc2)c2c(c1OC)-c1ccccc1C2N.Cl. The van der Waals surface area contributed by atoms with E-state index in [4.69, 9.17) is 15.2 Å². The van der Waals surface area contributed by atoms with Gasteiger partial charge in [0.2, 0.25) is 0 Å². The number of halogens is 1. The number of carbonyl (C=O) groups is 1. The number of rotatable bonds is 5. The maximum absolute atomic E-state index is 13.2. The van der Waals surface area contributed by atoms with Crippen LogP contribution in [0.5, 0.6) is 11.5 Å². The second kappa shape index (κ2) is 8.05. The Kier molecular flexibility index (Phi) is 5.73. The molecule has 0 radical (unpaired) electrons. The highest BCUT2D eigenvalue weighted by molar-refractivity contribution is 6.04. The number of Topliss-reactive ketones (excluding diaryl/α,β-unsaturated/α-hetero) is 1. The van der Waals surface area contributed by atoms with Crippen molar-refractivity contribution in [2.75, 3.05) is 14.2 Å². The minimum atomic E-state index is -0.370. The predicted octanol–water partition coefficient (Wildman–Crippen LogP) is 4.58. The molecule has 0 spiro atoms. The molecule has 0 saturated heterocycles. The predicted molar refractivity (Wildman–Crippen MR) is 113 cm³/mol. The van der Waals surface area contributed by atoms with Crippen LogP contribution in [0.4, 0.5) is 0 Å². The summed E-state index contributed by atoms with van der Waals surface area (Å²) in [6, 6.07) is 19.0. The van der Waals surface area contributed by atoms with Gasteiger partial charge in [0.15, 0.2) is 17.3 Å². The first-order valence-corrected chi connectivity index (χ1v) is 8.86. The maximum Gasteiger partial charge on any atom is 0.168 e. The van der Waals surface area contributed by atoms with Gasteiger partial charge in [0.05, 0.1) is 20.3 Å². The zero-order chi connectivity index (χ0) is 19.0. The second-order valence-electron chi connectivity index (χ2n) is 6.60. The fourth-order valence-corrected chi connectivity index (χ4v) is 3.86. The third kappa shape index (κ3) is 3.15. The molecule has 4 rings (SSSR count). The van der Waals surface area contributed by atoms with Crippen molar-refractivity contribution in [3.63, 3.8) is 0 Å². The standard InChI is InChI=1S/C23H21NO3.ClH/c1-26-19-13-17(18(25)12-14-8-4-3-5-9-14)20-21(23(19)27-2)15-10-6-7-11-16(15)22(20)24;/h3-11,13,22H,12,24H2,1-2H3;1H. The Labute approximate surface area is 170 Å². The van der Waals surface area contributed by atoms with Gasteiger partial charge in [0, 0.05) is 17.5 Å². The van der Waals surface area contributed by atoms with Crippen LogP contribution in [0.1, 0.15) is 33.1 Å². The topological polar surface area (TPSA) is 61.5 Å². The molecule has 1 aliphatic rings. The normalized spacial score (nSPS) is 13.9. The Morgan fingerprint density at radius 1 is 1.00 bits per heavy atom. The minimum Gasteiger partial charge on any atom is -0.493 e. The monoisotopic (exact) mass is 395 g/mol. The lowest BCUT2D eigenvalue weighted by atomic mass is 9.92. The fourth-order valence-electron chi connectivity index (χ4n) is 3.86. The Morgan fingerprint density at radius 2 is 1.68 bits per heavy atom. The summed E-state index contributed by atoms with van der Waals surface area (Å²) in [7, 11) is 3.19. The zero-order valence-corrected chi connectivity index (χ0v) is 16.6. The Bertz CT molecular complexity index is 1020. The van der Waals surface area contributed by atoms with Crippen molar-refractivity contribution in [3.8, 4) is 22.6 Å². The molecule has 0 bridgehead atoms. The van der Waals surface area contributed by atoms with E-state index in [1.807, 2.05) is 54.6 Å². The number of ketones is 1. The molecule has 1 atom stereocenters. The van der Waals surface area contributed by atoms with Gasteiger partial charge in [-0.1, -0.05) is 54.6 Å². The van der Waals surface area contributed by atoms with E-state index in [2.05, 4.69) is 0 Å². The summed E-state index contributed by atoms with van der Waals surface area (Å²) in [5, 5.41) is 0. The second-order valence-corrected chi connectivity index (χ2v) is 6.60. The lowest BCUT2D eigenvalue weighted by Gasteiger charge is -2.18. The van der Waals surface area contributed by atoms with Crippen LogP contribution >= 0.6 is 12.4 Å². The number of hydrogen-bond donors (Lipinski definition) is 1. The number of hydrogen-bond acceptors (Lipinski definition) is 4. The van der Waals surface area contributed by atoms with Crippen LogP contribution in [-0.2, 0) is 6.42 Å². The van der Waals surface area contributed by atoms with Gasteiger partial charge in [-0.05, 0) is 28.3 Å². The molecule has 3 aromatic carbocycles. The highest BCUT2D eigenvalue weighted by atomic mass is 35.5. The first kappa shape index (κ1) is 19.9.